The summed E-state index contributed by atoms with van der Waals surface area (Å²) in [6.45, 7) is -0.173. The van der Waals surface area contributed by atoms with E-state index < -0.39 is 6.23 Å². The number of carbonyl (C=O) groups is 2. The normalized spacial score (nSPS) is 17.1. The van der Waals surface area contributed by atoms with E-state index in [1.54, 1.807) is 7.05 Å². The first kappa shape index (κ1) is 26.4. The van der Waals surface area contributed by atoms with Gasteiger partial charge in [-0.15, -0.1) is 19.3 Å². The van der Waals surface area contributed by atoms with Crippen molar-refractivity contribution in [2.45, 2.75) is 25.2 Å². The molecule has 1 aliphatic rings. The van der Waals surface area contributed by atoms with Crippen molar-refractivity contribution in [3.63, 3.8) is 0 Å². The first-order chi connectivity index (χ1) is 12.9. The second-order valence-corrected chi connectivity index (χ2v) is 4.96. The third-order valence-electron chi connectivity index (χ3n) is 3.02. The van der Waals surface area contributed by atoms with E-state index in [-0.39, 0.29) is 38.4 Å². The number of rotatable bonds is 6. The zero-order valence-corrected chi connectivity index (χ0v) is 15.3. The largest absolute Gasteiger partial charge is 0.394 e. The number of aliphatic hydroxyl groups is 3. The minimum absolute atomic E-state index is 0.0727. The van der Waals surface area contributed by atoms with Crippen LogP contribution in [0.5, 0.6) is 0 Å². The first-order valence-electron chi connectivity index (χ1n) is 7.89. The van der Waals surface area contributed by atoms with Gasteiger partial charge >= 0.3 is 0 Å². The molecule has 27 heavy (non-hydrogen) atoms. The van der Waals surface area contributed by atoms with Gasteiger partial charge in [0.1, 0.15) is 19.4 Å². The highest BCUT2D eigenvalue weighted by Crippen LogP contribution is 2.21. The number of hydrogen-bond acceptors (Lipinski definition) is 6. The number of amides is 2. The minimum Gasteiger partial charge on any atom is -0.394 e. The Hall–Kier alpha value is -2.80. The van der Waals surface area contributed by atoms with Crippen molar-refractivity contribution < 1.29 is 29.6 Å². The Morgan fingerprint density at radius 3 is 2.07 bits per heavy atom. The molecule has 8 nitrogen and oxygen atoms in total. The predicted octanol–water partition coefficient (Wildman–Crippen LogP) is -1.23. The van der Waals surface area contributed by atoms with Gasteiger partial charge in [0.05, 0.1) is 19.3 Å². The zero-order valence-electron chi connectivity index (χ0n) is 15.3. The summed E-state index contributed by atoms with van der Waals surface area (Å²) in [6.07, 6.45) is 18.0. The standard InChI is InChI=1S/C13H18N2O4.2C3H4O/c1-3-7-14(2)12(18)6-8-15(10-17)13-5-4-11(9-16)19-13;2*1-2-3-4/h1,6,8,10-11,13,16H,4-5,7,9H2,2H3;2*1,4H,3H2/b8-6-;;. The number of nitrogens with zero attached hydrogens (tertiary/aromatic N) is 2. The predicted molar refractivity (Wildman–Crippen MR) is 100 cm³/mol. The third-order valence-corrected chi connectivity index (χ3v) is 3.02. The van der Waals surface area contributed by atoms with E-state index in [9.17, 15) is 9.59 Å². The number of ether oxygens (including phenoxy) is 1. The fraction of sp³-hybridized carbons (Fsp3) is 0.474. The topological polar surface area (TPSA) is 111 Å². The lowest BCUT2D eigenvalue weighted by Crippen LogP contribution is -2.31. The van der Waals surface area contributed by atoms with Gasteiger partial charge in [-0.1, -0.05) is 17.8 Å². The van der Waals surface area contributed by atoms with Gasteiger partial charge in [-0.05, 0) is 12.8 Å². The maximum atomic E-state index is 11.6. The quantitative estimate of drug-likeness (QED) is 0.303. The van der Waals surface area contributed by atoms with E-state index in [1.807, 2.05) is 11.8 Å². The zero-order chi connectivity index (χ0) is 21.1. The summed E-state index contributed by atoms with van der Waals surface area (Å²) >= 11 is 0. The van der Waals surface area contributed by atoms with Crippen LogP contribution >= 0.6 is 0 Å². The molecule has 8 heteroatoms. The molecule has 1 aliphatic heterocycles. The molecular formula is C19H26N2O6. The van der Waals surface area contributed by atoms with Crippen molar-refractivity contribution in [1.82, 2.24) is 9.80 Å². The van der Waals surface area contributed by atoms with Crippen LogP contribution in [0.1, 0.15) is 12.8 Å². The average Bonchev–Trinajstić information content (AvgIpc) is 3.18. The van der Waals surface area contributed by atoms with Gasteiger partial charge in [-0.25, -0.2) is 0 Å². The molecule has 1 rings (SSSR count). The molecule has 3 N–H and O–H groups in total. The van der Waals surface area contributed by atoms with E-state index >= 15 is 0 Å². The summed E-state index contributed by atoms with van der Waals surface area (Å²) < 4.78 is 5.44. The Balaban J connectivity index is 0. The minimum atomic E-state index is -0.434. The monoisotopic (exact) mass is 378 g/mol. The van der Waals surface area contributed by atoms with Crippen molar-refractivity contribution in [2.75, 3.05) is 33.4 Å². The van der Waals surface area contributed by atoms with E-state index in [4.69, 9.17) is 26.5 Å². The van der Waals surface area contributed by atoms with E-state index in [0.29, 0.717) is 19.3 Å². The number of aliphatic hydroxyl groups excluding tert-OH is 3. The maximum absolute atomic E-state index is 11.6. The smallest absolute Gasteiger partial charge is 0.248 e. The second-order valence-electron chi connectivity index (χ2n) is 4.96. The molecule has 148 valence electrons. The molecule has 0 aromatic rings. The molecule has 2 amide bonds. The summed E-state index contributed by atoms with van der Waals surface area (Å²) in [5, 5.41) is 24.2. The maximum Gasteiger partial charge on any atom is 0.248 e. The Kier molecular flexibility index (Phi) is 17.6. The highest BCUT2D eigenvalue weighted by molar-refractivity contribution is 5.87. The number of likely N-dealkylation sites (N-methyl/N-ethyl adjacent to an activating group) is 1. The molecule has 0 spiro atoms. The van der Waals surface area contributed by atoms with Crippen LogP contribution in [0, 0.1) is 37.0 Å². The Labute approximate surface area is 160 Å². The highest BCUT2D eigenvalue weighted by Gasteiger charge is 2.28. The molecule has 0 aromatic carbocycles. The molecule has 0 radical (unpaired) electrons. The lowest BCUT2D eigenvalue weighted by atomic mass is 10.2. The molecule has 1 heterocycles. The van der Waals surface area contributed by atoms with Crippen LogP contribution in [0.25, 0.3) is 0 Å². The van der Waals surface area contributed by atoms with Crippen LogP contribution in [-0.2, 0) is 14.3 Å². The van der Waals surface area contributed by atoms with Gasteiger partial charge < -0.3 is 25.0 Å². The number of carbonyl (C=O) groups excluding carboxylic acids is 2. The van der Waals surface area contributed by atoms with Crippen molar-refractivity contribution in [3.05, 3.63) is 12.3 Å². The van der Waals surface area contributed by atoms with Crippen LogP contribution in [-0.4, -0.2) is 83.2 Å². The Morgan fingerprint density at radius 2 is 1.70 bits per heavy atom. The third kappa shape index (κ3) is 13.1. The fourth-order valence-electron chi connectivity index (χ4n) is 1.73. The molecule has 0 saturated carbocycles. The summed E-state index contributed by atoms with van der Waals surface area (Å²) in [5.74, 6) is 6.04. The average molecular weight is 378 g/mol. The molecule has 0 aromatic heterocycles. The van der Waals surface area contributed by atoms with Gasteiger partial charge in [-0.2, -0.15) is 0 Å². The second kappa shape index (κ2) is 18.0. The van der Waals surface area contributed by atoms with Crippen LogP contribution in [0.4, 0.5) is 0 Å². The van der Waals surface area contributed by atoms with Crippen LogP contribution in [0.15, 0.2) is 12.3 Å². The lowest BCUT2D eigenvalue weighted by Gasteiger charge is -2.21. The number of hydrogen-bond donors (Lipinski definition) is 3. The number of terminal acetylenes is 3. The van der Waals surface area contributed by atoms with Crippen LogP contribution in [0.2, 0.25) is 0 Å². The van der Waals surface area contributed by atoms with E-state index in [1.165, 1.54) is 22.1 Å². The van der Waals surface area contributed by atoms with Gasteiger partial charge in [0.15, 0.2) is 0 Å². The van der Waals surface area contributed by atoms with Crippen molar-refractivity contribution in [3.8, 4) is 37.0 Å². The Bertz CT molecular complexity index is 556. The molecule has 2 atom stereocenters. The lowest BCUT2D eigenvalue weighted by molar-refractivity contribution is -0.127. The van der Waals surface area contributed by atoms with Gasteiger partial charge in [0, 0.05) is 19.3 Å². The molecule has 1 fully saturated rings. The summed E-state index contributed by atoms with van der Waals surface area (Å²) in [6, 6.07) is 0. The Morgan fingerprint density at radius 1 is 1.15 bits per heavy atom. The van der Waals surface area contributed by atoms with E-state index in [2.05, 4.69) is 18.8 Å². The first-order valence-corrected chi connectivity index (χ1v) is 7.89. The highest BCUT2D eigenvalue weighted by atomic mass is 16.5. The van der Waals surface area contributed by atoms with Crippen LogP contribution in [0.3, 0.4) is 0 Å². The fourth-order valence-corrected chi connectivity index (χ4v) is 1.73. The van der Waals surface area contributed by atoms with E-state index in [0.717, 1.165) is 0 Å². The van der Waals surface area contributed by atoms with Gasteiger partial charge in [0.25, 0.3) is 0 Å². The summed E-state index contributed by atoms with van der Waals surface area (Å²) in [7, 11) is 1.58. The summed E-state index contributed by atoms with van der Waals surface area (Å²) in [4.78, 5) is 25.2. The molecular weight excluding hydrogens is 352 g/mol. The van der Waals surface area contributed by atoms with Crippen molar-refractivity contribution in [2.24, 2.45) is 0 Å². The van der Waals surface area contributed by atoms with Gasteiger partial charge in [-0.3, -0.25) is 14.5 Å². The molecule has 0 aliphatic carbocycles. The SMILES string of the molecule is C#CCN(C)C(=O)/C=C\N(C=O)C1CCC(CO)O1.C#CCO.C#CCO. The van der Waals surface area contributed by atoms with Gasteiger partial charge in [0.2, 0.25) is 12.3 Å². The molecule has 0 bridgehead atoms. The van der Waals surface area contributed by atoms with Crippen LogP contribution < -0.4 is 0 Å². The molecule has 2 unspecified atom stereocenters. The van der Waals surface area contributed by atoms with Crippen molar-refractivity contribution >= 4 is 12.3 Å². The summed E-state index contributed by atoms with van der Waals surface area (Å²) in [5.41, 5.74) is 0. The molecule has 1 saturated heterocycles. The van der Waals surface area contributed by atoms with Crippen molar-refractivity contribution in [1.29, 1.82) is 0 Å².